The first kappa shape index (κ1) is 17.2. The molecule has 0 aliphatic rings. The van der Waals surface area contributed by atoms with E-state index in [1.165, 1.54) is 0 Å². The molecule has 1 aromatic heterocycles. The van der Waals surface area contributed by atoms with E-state index >= 15 is 0 Å². The summed E-state index contributed by atoms with van der Waals surface area (Å²) in [6.45, 7) is 0.424. The van der Waals surface area contributed by atoms with Crippen LogP contribution in [-0.4, -0.2) is 26.4 Å². The highest BCUT2D eigenvalue weighted by molar-refractivity contribution is 6.33. The fourth-order valence-electron chi connectivity index (χ4n) is 2.80. The highest BCUT2D eigenvalue weighted by atomic mass is 35.5. The maximum Gasteiger partial charge on any atom is 0.110 e. The minimum atomic E-state index is -0.804. The molecule has 24 heavy (non-hydrogen) atoms. The molecule has 3 rings (SSSR count). The summed E-state index contributed by atoms with van der Waals surface area (Å²) in [5, 5.41) is 20.8. The average molecular weight is 365 g/mol. The number of imidazole rings is 1. The van der Waals surface area contributed by atoms with E-state index < -0.39 is 6.10 Å². The predicted molar refractivity (Wildman–Crippen MR) is 96.6 cm³/mol. The first-order valence-corrected chi connectivity index (χ1v) is 8.53. The van der Waals surface area contributed by atoms with Crippen LogP contribution in [0.15, 0.2) is 42.5 Å². The van der Waals surface area contributed by atoms with Gasteiger partial charge >= 0.3 is 0 Å². The van der Waals surface area contributed by atoms with Gasteiger partial charge in [-0.1, -0.05) is 35.3 Å². The third-order valence-electron chi connectivity index (χ3n) is 3.96. The average Bonchev–Trinajstić information content (AvgIpc) is 2.93. The number of fused-ring (bicyclic) bond motifs is 1. The second-order valence-electron chi connectivity index (χ2n) is 5.64. The summed E-state index contributed by atoms with van der Waals surface area (Å²) in [7, 11) is 0. The number of halogens is 2. The van der Waals surface area contributed by atoms with Crippen LogP contribution in [0.5, 0.6) is 0 Å². The summed E-state index contributed by atoms with van der Waals surface area (Å²) in [6, 6.07) is 12.8. The number of aliphatic hydroxyl groups excluding tert-OH is 2. The van der Waals surface area contributed by atoms with Crippen molar-refractivity contribution in [3.8, 4) is 0 Å². The molecule has 2 aromatic carbocycles. The molecule has 0 saturated carbocycles. The van der Waals surface area contributed by atoms with Gasteiger partial charge in [0, 0.05) is 28.6 Å². The number of aliphatic hydroxyl groups is 2. The number of para-hydroxylation sites is 2. The molecule has 0 unspecified atom stereocenters. The summed E-state index contributed by atoms with van der Waals surface area (Å²) in [4.78, 5) is 4.62. The lowest BCUT2D eigenvalue weighted by atomic mass is 10.1. The zero-order chi connectivity index (χ0) is 17.1. The number of hydrogen-bond acceptors (Lipinski definition) is 3. The molecular weight excluding hydrogens is 347 g/mol. The molecular formula is C18H18Cl2N2O2. The van der Waals surface area contributed by atoms with E-state index in [2.05, 4.69) is 4.98 Å². The van der Waals surface area contributed by atoms with Crippen molar-refractivity contribution in [3.05, 3.63) is 63.9 Å². The Morgan fingerprint density at radius 3 is 2.71 bits per heavy atom. The minimum Gasteiger partial charge on any atom is -0.396 e. The lowest BCUT2D eigenvalue weighted by Crippen LogP contribution is -2.12. The fourth-order valence-corrected chi connectivity index (χ4v) is 3.22. The van der Waals surface area contributed by atoms with Gasteiger partial charge in [-0.3, -0.25) is 0 Å². The second kappa shape index (κ2) is 7.53. The fraction of sp³-hybridized carbons (Fsp3) is 0.278. The molecule has 126 valence electrons. The zero-order valence-corrected chi connectivity index (χ0v) is 14.5. The molecule has 2 N–H and O–H groups in total. The van der Waals surface area contributed by atoms with E-state index in [0.717, 1.165) is 16.9 Å². The molecule has 4 nitrogen and oxygen atoms in total. The third kappa shape index (κ3) is 3.57. The van der Waals surface area contributed by atoms with Crippen LogP contribution in [0.2, 0.25) is 10.0 Å². The first-order chi connectivity index (χ1) is 11.6. The van der Waals surface area contributed by atoms with Gasteiger partial charge in [0.15, 0.2) is 0 Å². The van der Waals surface area contributed by atoms with Crippen LogP contribution in [0.25, 0.3) is 11.0 Å². The molecule has 0 bridgehead atoms. The van der Waals surface area contributed by atoms with E-state index in [-0.39, 0.29) is 6.61 Å². The van der Waals surface area contributed by atoms with Gasteiger partial charge in [0.05, 0.1) is 23.7 Å². The number of benzene rings is 2. The standard InChI is InChI=1S/C18H18Cl2N2O2/c19-12-7-8-14(20)13(10-12)17(24)11-22-16-5-2-1-4-15(16)21-18(22)6-3-9-23/h1-2,4-5,7-8,10,17,23-24H,3,6,9,11H2/t17-/m0/s1. The van der Waals surface area contributed by atoms with Crippen molar-refractivity contribution in [2.24, 2.45) is 0 Å². The molecule has 0 radical (unpaired) electrons. The Hall–Kier alpha value is -1.59. The molecule has 0 spiro atoms. The van der Waals surface area contributed by atoms with E-state index in [4.69, 9.17) is 28.3 Å². The van der Waals surface area contributed by atoms with Crippen molar-refractivity contribution in [2.75, 3.05) is 6.61 Å². The number of aryl methyl sites for hydroxylation is 1. The van der Waals surface area contributed by atoms with Crippen LogP contribution in [0, 0.1) is 0 Å². The topological polar surface area (TPSA) is 58.3 Å². The molecule has 0 saturated heterocycles. The van der Waals surface area contributed by atoms with Gasteiger partial charge in [-0.15, -0.1) is 0 Å². The molecule has 1 atom stereocenters. The lowest BCUT2D eigenvalue weighted by molar-refractivity contribution is 0.156. The highest BCUT2D eigenvalue weighted by Gasteiger charge is 2.17. The Morgan fingerprint density at radius 1 is 1.12 bits per heavy atom. The largest absolute Gasteiger partial charge is 0.396 e. The Kier molecular flexibility index (Phi) is 5.41. The van der Waals surface area contributed by atoms with Crippen molar-refractivity contribution >= 4 is 34.2 Å². The molecule has 6 heteroatoms. The Morgan fingerprint density at radius 2 is 1.92 bits per heavy atom. The number of hydrogen-bond donors (Lipinski definition) is 2. The molecule has 0 fully saturated rings. The van der Waals surface area contributed by atoms with Crippen molar-refractivity contribution in [1.29, 1.82) is 0 Å². The van der Waals surface area contributed by atoms with Gasteiger partial charge in [0.1, 0.15) is 5.82 Å². The van der Waals surface area contributed by atoms with Crippen LogP contribution in [-0.2, 0) is 13.0 Å². The molecule has 0 amide bonds. The van der Waals surface area contributed by atoms with E-state index in [0.29, 0.717) is 35.0 Å². The zero-order valence-electron chi connectivity index (χ0n) is 13.0. The Labute approximate surface area is 150 Å². The van der Waals surface area contributed by atoms with Gasteiger partial charge in [-0.2, -0.15) is 0 Å². The maximum atomic E-state index is 10.7. The normalized spacial score (nSPS) is 12.7. The molecule has 1 heterocycles. The van der Waals surface area contributed by atoms with Crippen LogP contribution < -0.4 is 0 Å². The summed E-state index contributed by atoms with van der Waals surface area (Å²) in [6.07, 6.45) is 0.458. The Balaban J connectivity index is 1.97. The highest BCUT2D eigenvalue weighted by Crippen LogP contribution is 2.29. The van der Waals surface area contributed by atoms with Crippen LogP contribution in [0.3, 0.4) is 0 Å². The van der Waals surface area contributed by atoms with Crippen LogP contribution in [0.4, 0.5) is 0 Å². The van der Waals surface area contributed by atoms with Gasteiger partial charge in [-0.25, -0.2) is 4.98 Å². The quantitative estimate of drug-likeness (QED) is 0.694. The predicted octanol–water partition coefficient (Wildman–Crippen LogP) is 4.00. The maximum absolute atomic E-state index is 10.7. The number of nitrogens with zero attached hydrogens (tertiary/aromatic N) is 2. The number of rotatable bonds is 6. The van der Waals surface area contributed by atoms with Crippen molar-refractivity contribution in [1.82, 2.24) is 9.55 Å². The summed E-state index contributed by atoms with van der Waals surface area (Å²) in [5.74, 6) is 0.836. The summed E-state index contributed by atoms with van der Waals surface area (Å²) >= 11 is 12.2. The molecule has 0 aliphatic carbocycles. The molecule has 0 aliphatic heterocycles. The summed E-state index contributed by atoms with van der Waals surface area (Å²) < 4.78 is 1.98. The van der Waals surface area contributed by atoms with Crippen LogP contribution >= 0.6 is 23.2 Å². The van der Waals surface area contributed by atoms with Gasteiger partial charge in [0.25, 0.3) is 0 Å². The smallest absolute Gasteiger partial charge is 0.110 e. The van der Waals surface area contributed by atoms with Gasteiger partial charge < -0.3 is 14.8 Å². The van der Waals surface area contributed by atoms with Gasteiger partial charge in [-0.05, 0) is 36.8 Å². The number of aromatic nitrogens is 2. The van der Waals surface area contributed by atoms with E-state index in [1.807, 2.05) is 28.8 Å². The minimum absolute atomic E-state index is 0.103. The van der Waals surface area contributed by atoms with E-state index in [9.17, 15) is 5.11 Å². The first-order valence-electron chi connectivity index (χ1n) is 7.78. The van der Waals surface area contributed by atoms with Crippen LogP contribution in [0.1, 0.15) is 23.9 Å². The van der Waals surface area contributed by atoms with Crippen molar-refractivity contribution < 1.29 is 10.2 Å². The molecule has 3 aromatic rings. The Bertz CT molecular complexity index is 848. The second-order valence-corrected chi connectivity index (χ2v) is 6.48. The SMILES string of the molecule is OCCCc1nc2ccccc2n1C[C@H](O)c1cc(Cl)ccc1Cl. The lowest BCUT2D eigenvalue weighted by Gasteiger charge is -2.16. The monoisotopic (exact) mass is 364 g/mol. The third-order valence-corrected chi connectivity index (χ3v) is 4.54. The van der Waals surface area contributed by atoms with E-state index in [1.54, 1.807) is 18.2 Å². The van der Waals surface area contributed by atoms with Crippen molar-refractivity contribution in [2.45, 2.75) is 25.5 Å². The van der Waals surface area contributed by atoms with Gasteiger partial charge in [0.2, 0.25) is 0 Å². The summed E-state index contributed by atoms with van der Waals surface area (Å²) in [5.41, 5.74) is 2.41. The van der Waals surface area contributed by atoms with Crippen molar-refractivity contribution in [3.63, 3.8) is 0 Å².